The summed E-state index contributed by atoms with van der Waals surface area (Å²) < 4.78 is 11.1. The first-order chi connectivity index (χ1) is 13.5. The number of para-hydroxylation sites is 1. The number of hydrogen-bond acceptors (Lipinski definition) is 7. The van der Waals surface area contributed by atoms with Gasteiger partial charge in [-0.3, -0.25) is 9.69 Å². The maximum Gasteiger partial charge on any atom is 0.270 e. The summed E-state index contributed by atoms with van der Waals surface area (Å²) in [6.45, 7) is 1.88. The zero-order valence-corrected chi connectivity index (χ0v) is 16.5. The number of carbonyl (C=O) groups excluding carboxylic acids is 2. The monoisotopic (exact) mass is 414 g/mol. The van der Waals surface area contributed by atoms with Crippen LogP contribution in [0.15, 0.2) is 53.4 Å². The van der Waals surface area contributed by atoms with Crippen molar-refractivity contribution in [1.82, 2.24) is 0 Å². The fourth-order valence-electron chi connectivity index (χ4n) is 2.56. The van der Waals surface area contributed by atoms with Crippen LogP contribution in [0.1, 0.15) is 12.5 Å². The summed E-state index contributed by atoms with van der Waals surface area (Å²) >= 11 is 6.55. The third-order valence-corrected chi connectivity index (χ3v) is 5.05. The van der Waals surface area contributed by atoms with Crippen LogP contribution in [0, 0.1) is 0 Å². The molecule has 1 saturated heterocycles. The largest absolute Gasteiger partial charge is 0.546 e. The van der Waals surface area contributed by atoms with Crippen LogP contribution < -0.4 is 19.5 Å². The molecule has 0 spiro atoms. The predicted molar refractivity (Wildman–Crippen MR) is 110 cm³/mol. The molecule has 8 heteroatoms. The second kappa shape index (κ2) is 8.90. The zero-order chi connectivity index (χ0) is 20.1. The average molecular weight is 414 g/mol. The van der Waals surface area contributed by atoms with Crippen molar-refractivity contribution in [2.24, 2.45) is 0 Å². The summed E-state index contributed by atoms with van der Waals surface area (Å²) in [5.41, 5.74) is 1.23. The van der Waals surface area contributed by atoms with Gasteiger partial charge in [-0.05, 0) is 43.3 Å². The molecule has 2 aromatic carbocycles. The summed E-state index contributed by atoms with van der Waals surface area (Å²) in [5.74, 6) is -0.519. The molecule has 0 bridgehead atoms. The van der Waals surface area contributed by atoms with E-state index in [0.717, 1.165) is 0 Å². The summed E-state index contributed by atoms with van der Waals surface area (Å²) in [6.07, 6.45) is 1.64. The number of carboxylic acid groups (broad SMARTS) is 1. The Kier molecular flexibility index (Phi) is 6.33. The summed E-state index contributed by atoms with van der Waals surface area (Å²) in [4.78, 5) is 25.4. The number of anilines is 1. The first-order valence-corrected chi connectivity index (χ1v) is 9.64. The van der Waals surface area contributed by atoms with Crippen molar-refractivity contribution in [2.75, 3.05) is 18.1 Å². The van der Waals surface area contributed by atoms with E-state index in [4.69, 9.17) is 21.7 Å². The molecular weight excluding hydrogens is 398 g/mol. The van der Waals surface area contributed by atoms with Gasteiger partial charge in [0.25, 0.3) is 5.91 Å². The Labute approximate surface area is 171 Å². The molecule has 0 saturated carbocycles. The topological polar surface area (TPSA) is 78.9 Å². The van der Waals surface area contributed by atoms with Crippen molar-refractivity contribution in [3.63, 3.8) is 0 Å². The van der Waals surface area contributed by atoms with E-state index in [1.807, 2.05) is 6.92 Å². The lowest BCUT2D eigenvalue weighted by Crippen LogP contribution is -2.29. The van der Waals surface area contributed by atoms with Gasteiger partial charge in [-0.2, -0.15) is 0 Å². The molecule has 6 nitrogen and oxygen atoms in total. The Morgan fingerprint density at radius 2 is 1.89 bits per heavy atom. The molecule has 0 N–H and O–H groups in total. The SMILES string of the molecule is CCOc1ccc(N2C(=O)/C(=C\c3ccccc3OCC(=O)[O-])SC2=S)cc1. The van der Waals surface area contributed by atoms with Crippen LogP contribution in [0.3, 0.4) is 0 Å². The van der Waals surface area contributed by atoms with E-state index in [1.54, 1.807) is 54.6 Å². The predicted octanol–water partition coefficient (Wildman–Crippen LogP) is 2.62. The number of benzene rings is 2. The lowest BCUT2D eigenvalue weighted by molar-refractivity contribution is -0.307. The van der Waals surface area contributed by atoms with Gasteiger partial charge >= 0.3 is 0 Å². The number of rotatable bonds is 7. The van der Waals surface area contributed by atoms with Crippen LogP contribution >= 0.6 is 24.0 Å². The number of carboxylic acids is 1. The smallest absolute Gasteiger partial charge is 0.270 e. The average Bonchev–Trinajstić information content (AvgIpc) is 2.95. The van der Waals surface area contributed by atoms with E-state index >= 15 is 0 Å². The van der Waals surface area contributed by atoms with Crippen molar-refractivity contribution in [3.8, 4) is 11.5 Å². The quantitative estimate of drug-likeness (QED) is 0.509. The first-order valence-electron chi connectivity index (χ1n) is 8.42. The van der Waals surface area contributed by atoms with E-state index in [2.05, 4.69) is 0 Å². The molecular formula is C20H16NO5S2-. The molecule has 3 rings (SSSR count). The number of aliphatic carboxylic acids is 1. The van der Waals surface area contributed by atoms with Gasteiger partial charge in [0.2, 0.25) is 0 Å². The molecule has 1 amide bonds. The van der Waals surface area contributed by atoms with E-state index in [1.165, 1.54) is 16.7 Å². The standard InChI is InChI=1S/C20H17NO5S2/c1-2-25-15-9-7-14(8-10-15)21-19(24)17(28-20(21)27)11-13-5-3-4-6-16(13)26-12-18(22)23/h3-11H,2,12H2,1H3,(H,22,23)/p-1/b17-11+. The minimum atomic E-state index is -1.32. The summed E-state index contributed by atoms with van der Waals surface area (Å²) in [5, 5.41) is 10.6. The summed E-state index contributed by atoms with van der Waals surface area (Å²) in [6, 6.07) is 14.0. The van der Waals surface area contributed by atoms with Crippen molar-refractivity contribution < 1.29 is 24.2 Å². The number of thiocarbonyl (C=S) groups is 1. The number of amides is 1. The first kappa shape index (κ1) is 19.9. The number of carbonyl (C=O) groups is 2. The molecule has 0 aliphatic carbocycles. The van der Waals surface area contributed by atoms with Gasteiger partial charge in [-0.15, -0.1) is 0 Å². The maximum atomic E-state index is 12.9. The van der Waals surface area contributed by atoms with Crippen molar-refractivity contribution in [3.05, 3.63) is 59.0 Å². The van der Waals surface area contributed by atoms with Gasteiger partial charge in [-0.25, -0.2) is 0 Å². The van der Waals surface area contributed by atoms with Crippen LogP contribution in [0.25, 0.3) is 6.08 Å². The second-order valence-corrected chi connectivity index (χ2v) is 7.32. The Bertz CT molecular complexity index is 940. The van der Waals surface area contributed by atoms with Crippen LogP contribution in [-0.2, 0) is 9.59 Å². The van der Waals surface area contributed by atoms with Gasteiger partial charge in [0.15, 0.2) is 4.32 Å². The lowest BCUT2D eigenvalue weighted by atomic mass is 10.2. The molecule has 0 radical (unpaired) electrons. The number of hydrogen-bond donors (Lipinski definition) is 0. The van der Waals surface area contributed by atoms with Crippen LogP contribution in [0.5, 0.6) is 11.5 Å². The van der Waals surface area contributed by atoms with Gasteiger partial charge in [-0.1, -0.05) is 42.2 Å². The van der Waals surface area contributed by atoms with E-state index in [-0.39, 0.29) is 5.91 Å². The Balaban J connectivity index is 1.84. The molecule has 1 aliphatic heterocycles. The van der Waals surface area contributed by atoms with Gasteiger partial charge in [0.1, 0.15) is 18.1 Å². The van der Waals surface area contributed by atoms with Crippen LogP contribution in [0.2, 0.25) is 0 Å². The zero-order valence-electron chi connectivity index (χ0n) is 14.9. The third-order valence-electron chi connectivity index (χ3n) is 3.75. The minimum Gasteiger partial charge on any atom is -0.546 e. The molecule has 1 heterocycles. The highest BCUT2D eigenvalue weighted by Crippen LogP contribution is 2.37. The van der Waals surface area contributed by atoms with E-state index in [0.29, 0.717) is 38.6 Å². The highest BCUT2D eigenvalue weighted by atomic mass is 32.2. The van der Waals surface area contributed by atoms with Crippen molar-refractivity contribution in [2.45, 2.75) is 6.92 Å². The van der Waals surface area contributed by atoms with Crippen molar-refractivity contribution in [1.29, 1.82) is 0 Å². The fourth-order valence-corrected chi connectivity index (χ4v) is 3.85. The normalized spacial score (nSPS) is 15.2. The molecule has 2 aromatic rings. The molecule has 28 heavy (non-hydrogen) atoms. The highest BCUT2D eigenvalue weighted by molar-refractivity contribution is 8.27. The van der Waals surface area contributed by atoms with E-state index in [9.17, 15) is 14.7 Å². The maximum absolute atomic E-state index is 12.9. The molecule has 0 aromatic heterocycles. The number of thioether (sulfide) groups is 1. The third kappa shape index (κ3) is 4.52. The van der Waals surface area contributed by atoms with Crippen LogP contribution in [0.4, 0.5) is 5.69 Å². The highest BCUT2D eigenvalue weighted by Gasteiger charge is 2.33. The number of nitrogens with zero attached hydrogens (tertiary/aromatic N) is 1. The minimum absolute atomic E-state index is 0.256. The van der Waals surface area contributed by atoms with Gasteiger partial charge < -0.3 is 19.4 Å². The fraction of sp³-hybridized carbons (Fsp3) is 0.150. The molecule has 1 fully saturated rings. The number of ether oxygens (including phenoxy) is 2. The van der Waals surface area contributed by atoms with Gasteiger partial charge in [0, 0.05) is 5.56 Å². The van der Waals surface area contributed by atoms with Crippen LogP contribution in [-0.4, -0.2) is 29.4 Å². The molecule has 144 valence electrons. The second-order valence-electron chi connectivity index (χ2n) is 5.64. The molecule has 1 aliphatic rings. The Hall–Kier alpha value is -2.84. The Morgan fingerprint density at radius 1 is 1.18 bits per heavy atom. The molecule has 0 unspecified atom stereocenters. The summed E-state index contributed by atoms with van der Waals surface area (Å²) in [7, 11) is 0. The lowest BCUT2D eigenvalue weighted by Gasteiger charge is -2.15. The van der Waals surface area contributed by atoms with Crippen molar-refractivity contribution >= 4 is 51.9 Å². The van der Waals surface area contributed by atoms with E-state index < -0.39 is 12.6 Å². The Morgan fingerprint density at radius 3 is 2.57 bits per heavy atom. The molecule has 0 atom stereocenters. The van der Waals surface area contributed by atoms with Gasteiger partial charge in [0.05, 0.1) is 23.2 Å².